The highest BCUT2D eigenvalue weighted by Crippen LogP contribution is 2.38. The smallest absolute Gasteiger partial charge is 0.139 e. The van der Waals surface area contributed by atoms with E-state index in [0.29, 0.717) is 0 Å². The van der Waals surface area contributed by atoms with Crippen molar-refractivity contribution in [1.29, 1.82) is 0 Å². The molecule has 1 aromatic carbocycles. The van der Waals surface area contributed by atoms with E-state index in [2.05, 4.69) is 59.9 Å². The van der Waals surface area contributed by atoms with Crippen molar-refractivity contribution >= 4 is 33.5 Å². The summed E-state index contributed by atoms with van der Waals surface area (Å²) in [7, 11) is 0. The number of hydrogen-bond acceptors (Lipinski definition) is 5. The van der Waals surface area contributed by atoms with Crippen LogP contribution in [0.5, 0.6) is 0 Å². The first-order chi connectivity index (χ1) is 12.3. The number of piperazine rings is 1. The number of aryl methyl sites for hydroxylation is 1. The lowest BCUT2D eigenvalue weighted by Crippen LogP contribution is -2.46. The Morgan fingerprint density at radius 2 is 1.80 bits per heavy atom. The molecule has 2 aromatic rings. The number of rotatable bonds is 0. The fourth-order valence-electron chi connectivity index (χ4n) is 2.86. The third-order valence-corrected chi connectivity index (χ3v) is 4.86. The molecule has 2 aliphatic heterocycles. The van der Waals surface area contributed by atoms with Crippen LogP contribution >= 0.6 is 11.3 Å². The standard InChI is InChI=1S/C16H18N4S.C2H6.C2H4/c1-11-10-12-15(20-8-6-17-7-9-20)18-13-4-2-3-5-14(13)19-16(12)21-11;2*1-2/h2-5,10,17,19H,6-9H2,1H3;1-2H3;1-2H2. The molecule has 25 heavy (non-hydrogen) atoms. The van der Waals surface area contributed by atoms with Gasteiger partial charge in [0.15, 0.2) is 0 Å². The van der Waals surface area contributed by atoms with Crippen molar-refractivity contribution in [2.45, 2.75) is 20.8 Å². The van der Waals surface area contributed by atoms with E-state index < -0.39 is 0 Å². The third kappa shape index (κ3) is 4.30. The summed E-state index contributed by atoms with van der Waals surface area (Å²) in [6.07, 6.45) is 0. The Balaban J connectivity index is 0.000000528. The first-order valence-corrected chi connectivity index (χ1v) is 9.64. The molecule has 0 atom stereocenters. The van der Waals surface area contributed by atoms with Gasteiger partial charge >= 0.3 is 0 Å². The van der Waals surface area contributed by atoms with Gasteiger partial charge in [-0.15, -0.1) is 24.5 Å². The van der Waals surface area contributed by atoms with E-state index in [4.69, 9.17) is 4.99 Å². The Morgan fingerprint density at radius 3 is 2.52 bits per heavy atom. The monoisotopic (exact) mass is 356 g/mol. The SMILES string of the molecule is C=C.CC.Cc1cc2c(s1)Nc1ccccc1N=C2N1CCNCC1. The minimum absolute atomic E-state index is 1.01. The number of benzene rings is 1. The van der Waals surface area contributed by atoms with Gasteiger partial charge in [-0.1, -0.05) is 26.0 Å². The fourth-order valence-corrected chi connectivity index (χ4v) is 3.78. The number of hydrogen-bond donors (Lipinski definition) is 2. The second kappa shape index (κ2) is 9.39. The molecule has 134 valence electrons. The summed E-state index contributed by atoms with van der Waals surface area (Å²) < 4.78 is 0. The first kappa shape index (κ1) is 19.2. The van der Waals surface area contributed by atoms with Gasteiger partial charge in [-0.3, -0.25) is 0 Å². The average molecular weight is 357 g/mol. The number of aliphatic imine (C=N–C) groups is 1. The van der Waals surface area contributed by atoms with E-state index in [1.807, 2.05) is 19.9 Å². The molecule has 5 heteroatoms. The van der Waals surface area contributed by atoms with Crippen LogP contribution in [0.4, 0.5) is 16.4 Å². The highest BCUT2D eigenvalue weighted by molar-refractivity contribution is 7.16. The molecule has 4 rings (SSSR count). The summed E-state index contributed by atoms with van der Waals surface area (Å²) in [5.41, 5.74) is 3.34. The predicted octanol–water partition coefficient (Wildman–Crippen LogP) is 4.93. The minimum atomic E-state index is 1.01. The normalized spacial score (nSPS) is 15.0. The summed E-state index contributed by atoms with van der Waals surface area (Å²) >= 11 is 1.80. The van der Waals surface area contributed by atoms with Crippen LogP contribution in [0.15, 0.2) is 48.5 Å². The molecular formula is C20H28N4S. The van der Waals surface area contributed by atoms with Crippen molar-refractivity contribution in [3.05, 3.63) is 53.9 Å². The topological polar surface area (TPSA) is 39.7 Å². The minimum Gasteiger partial charge on any atom is -0.353 e. The lowest BCUT2D eigenvalue weighted by atomic mass is 10.2. The van der Waals surface area contributed by atoms with Gasteiger partial charge in [0.25, 0.3) is 0 Å². The molecule has 0 radical (unpaired) electrons. The zero-order valence-corrected chi connectivity index (χ0v) is 16.2. The summed E-state index contributed by atoms with van der Waals surface area (Å²) in [6.45, 7) is 16.2. The number of nitrogens with zero attached hydrogens (tertiary/aromatic N) is 2. The largest absolute Gasteiger partial charge is 0.353 e. The zero-order valence-electron chi connectivity index (χ0n) is 15.4. The molecule has 1 aromatic heterocycles. The second-order valence-electron chi connectivity index (χ2n) is 5.41. The van der Waals surface area contributed by atoms with E-state index in [9.17, 15) is 0 Å². The number of nitrogens with one attached hydrogen (secondary N) is 2. The molecule has 3 heterocycles. The van der Waals surface area contributed by atoms with E-state index in [0.717, 1.165) is 43.4 Å². The maximum atomic E-state index is 4.98. The Hall–Kier alpha value is -2.11. The summed E-state index contributed by atoms with van der Waals surface area (Å²) in [4.78, 5) is 8.69. The maximum absolute atomic E-state index is 4.98. The van der Waals surface area contributed by atoms with E-state index >= 15 is 0 Å². The Labute approximate surface area is 155 Å². The van der Waals surface area contributed by atoms with Gasteiger partial charge in [-0.05, 0) is 25.1 Å². The summed E-state index contributed by atoms with van der Waals surface area (Å²) in [6, 6.07) is 10.5. The third-order valence-electron chi connectivity index (χ3n) is 3.89. The Bertz CT molecular complexity index is 714. The maximum Gasteiger partial charge on any atom is 0.139 e. The van der Waals surface area contributed by atoms with Crippen LogP contribution in [0.1, 0.15) is 24.3 Å². The van der Waals surface area contributed by atoms with E-state index in [1.165, 1.54) is 15.4 Å². The first-order valence-electron chi connectivity index (χ1n) is 8.82. The zero-order chi connectivity index (χ0) is 18.2. The molecule has 1 fully saturated rings. The van der Waals surface area contributed by atoms with Gasteiger partial charge in [0.1, 0.15) is 10.8 Å². The van der Waals surface area contributed by atoms with Crippen LogP contribution < -0.4 is 10.6 Å². The molecule has 0 amide bonds. The van der Waals surface area contributed by atoms with Crippen LogP contribution in [0, 0.1) is 6.92 Å². The number of amidine groups is 1. The second-order valence-corrected chi connectivity index (χ2v) is 6.67. The molecule has 2 aliphatic rings. The molecular weight excluding hydrogens is 328 g/mol. The molecule has 0 spiro atoms. The van der Waals surface area contributed by atoms with Crippen molar-refractivity contribution in [3.8, 4) is 0 Å². The van der Waals surface area contributed by atoms with Gasteiger partial charge in [0.05, 0.1) is 16.9 Å². The van der Waals surface area contributed by atoms with Gasteiger partial charge in [0.2, 0.25) is 0 Å². The molecule has 1 saturated heterocycles. The average Bonchev–Trinajstić information content (AvgIpc) is 2.97. The molecule has 0 bridgehead atoms. The van der Waals surface area contributed by atoms with Gasteiger partial charge in [-0.2, -0.15) is 0 Å². The van der Waals surface area contributed by atoms with Crippen LogP contribution in [-0.2, 0) is 0 Å². The fraction of sp³-hybridized carbons (Fsp3) is 0.350. The lowest BCUT2D eigenvalue weighted by molar-refractivity contribution is 0.358. The number of para-hydroxylation sites is 2. The number of fused-ring (bicyclic) bond motifs is 2. The molecule has 0 saturated carbocycles. The summed E-state index contributed by atoms with van der Waals surface area (Å²) in [5, 5.41) is 8.17. The molecule has 0 aliphatic carbocycles. The lowest BCUT2D eigenvalue weighted by Gasteiger charge is -2.30. The van der Waals surface area contributed by atoms with Gasteiger partial charge in [0, 0.05) is 31.1 Å². The Kier molecular flexibility index (Phi) is 7.22. The molecule has 2 N–H and O–H groups in total. The van der Waals surface area contributed by atoms with Crippen molar-refractivity contribution < 1.29 is 0 Å². The molecule has 4 nitrogen and oxygen atoms in total. The van der Waals surface area contributed by atoms with Crippen molar-refractivity contribution in [3.63, 3.8) is 0 Å². The molecule has 0 unspecified atom stereocenters. The van der Waals surface area contributed by atoms with Crippen molar-refractivity contribution in [2.24, 2.45) is 4.99 Å². The highest BCUT2D eigenvalue weighted by Gasteiger charge is 2.24. The quantitative estimate of drug-likeness (QED) is 0.658. The van der Waals surface area contributed by atoms with Crippen LogP contribution in [0.25, 0.3) is 0 Å². The van der Waals surface area contributed by atoms with E-state index in [1.54, 1.807) is 11.3 Å². The van der Waals surface area contributed by atoms with Crippen molar-refractivity contribution in [2.75, 3.05) is 31.5 Å². The van der Waals surface area contributed by atoms with Crippen LogP contribution in [0.2, 0.25) is 0 Å². The van der Waals surface area contributed by atoms with Crippen LogP contribution in [-0.4, -0.2) is 36.9 Å². The van der Waals surface area contributed by atoms with Gasteiger partial charge in [-0.25, -0.2) is 4.99 Å². The summed E-state index contributed by atoms with van der Waals surface area (Å²) in [5.74, 6) is 1.10. The van der Waals surface area contributed by atoms with Crippen molar-refractivity contribution in [1.82, 2.24) is 10.2 Å². The predicted molar refractivity (Wildman–Crippen MR) is 112 cm³/mol. The van der Waals surface area contributed by atoms with Crippen LogP contribution in [0.3, 0.4) is 0 Å². The van der Waals surface area contributed by atoms with Gasteiger partial charge < -0.3 is 15.5 Å². The highest BCUT2D eigenvalue weighted by atomic mass is 32.1. The van der Waals surface area contributed by atoms with E-state index in [-0.39, 0.29) is 0 Å². The number of thiophene rings is 1. The Morgan fingerprint density at radius 1 is 1.12 bits per heavy atom. The number of anilines is 2.